The van der Waals surface area contributed by atoms with Crippen molar-refractivity contribution in [3.8, 4) is 0 Å². The number of aromatic nitrogens is 2. The van der Waals surface area contributed by atoms with Crippen molar-refractivity contribution in [2.45, 2.75) is 52.2 Å². The molecule has 2 heterocycles. The van der Waals surface area contributed by atoms with Gasteiger partial charge in [0.2, 0.25) is 0 Å². The van der Waals surface area contributed by atoms with Gasteiger partial charge in [-0.15, -0.1) is 0 Å². The smallest absolute Gasteiger partial charge is 0.398 e. The number of rotatable bonds is 3. The first-order chi connectivity index (χ1) is 8.98. The Bertz CT molecular complexity index is 608. The first-order valence-electron chi connectivity index (χ1n) is 6.45. The molecule has 1 aliphatic heterocycles. The van der Waals surface area contributed by atoms with Gasteiger partial charge in [-0.2, -0.15) is 8.42 Å². The first-order valence-corrected chi connectivity index (χ1v) is 7.95. The van der Waals surface area contributed by atoms with Crippen LogP contribution in [0.15, 0.2) is 6.20 Å². The van der Waals surface area contributed by atoms with Crippen molar-refractivity contribution in [3.05, 3.63) is 12.0 Å². The number of hydrogen-bond acceptors (Lipinski definition) is 5. The maximum atomic E-state index is 11.5. The summed E-state index contributed by atoms with van der Waals surface area (Å²) in [4.78, 5) is 4.26. The zero-order valence-electron chi connectivity index (χ0n) is 12.4. The molecule has 7 nitrogen and oxygen atoms in total. The monoisotopic (exact) mass is 301 g/mol. The van der Waals surface area contributed by atoms with E-state index in [1.165, 1.54) is 6.20 Å². The fraction of sp³-hybridized carbons (Fsp3) is 0.727. The van der Waals surface area contributed by atoms with Crippen molar-refractivity contribution in [3.63, 3.8) is 0 Å². The predicted molar refractivity (Wildman–Crippen MR) is 75.8 cm³/mol. The van der Waals surface area contributed by atoms with Crippen LogP contribution in [0.25, 0.3) is 0 Å². The summed E-state index contributed by atoms with van der Waals surface area (Å²) in [5.74, 6) is 0.359. The van der Waals surface area contributed by atoms with E-state index in [1.807, 2.05) is 27.7 Å². The van der Waals surface area contributed by atoms with Crippen LogP contribution in [0.4, 0.5) is 0 Å². The molecule has 20 heavy (non-hydrogen) atoms. The molecule has 2 rings (SSSR count). The fourth-order valence-corrected chi connectivity index (χ4v) is 2.67. The summed E-state index contributed by atoms with van der Waals surface area (Å²) in [6.45, 7) is 9.49. The van der Waals surface area contributed by atoms with Gasteiger partial charge in [-0.3, -0.25) is 0 Å². The van der Waals surface area contributed by atoms with Crippen molar-refractivity contribution in [2.75, 3.05) is 0 Å². The Hall–Kier alpha value is -0.895. The van der Waals surface area contributed by atoms with Crippen LogP contribution in [0.1, 0.15) is 40.4 Å². The molecular formula is C11H20BN3O4S. The maximum absolute atomic E-state index is 11.5. The molecule has 0 bridgehead atoms. The summed E-state index contributed by atoms with van der Waals surface area (Å²) in [6.07, 6.45) is 1.80. The quantitative estimate of drug-likeness (QED) is 0.780. The van der Waals surface area contributed by atoms with Crippen LogP contribution in [0.2, 0.25) is 0 Å². The zero-order chi connectivity index (χ0) is 15.3. The summed E-state index contributed by atoms with van der Waals surface area (Å²) < 4.78 is 35.7. The standard InChI is InChI=1S/C11H20BN3O4S/c1-6-9-14-8(7-15(9)20(13,16)17)12-18-10(2,3)11(4,5)19-12/h7H,6H2,1-5H3,(H2,13,16,17). The van der Waals surface area contributed by atoms with Gasteiger partial charge >= 0.3 is 17.3 Å². The molecular weight excluding hydrogens is 281 g/mol. The highest BCUT2D eigenvalue weighted by Crippen LogP contribution is 2.36. The number of nitrogens with zero attached hydrogens (tertiary/aromatic N) is 2. The SMILES string of the molecule is CCc1nc(B2OC(C)(C)C(C)(C)O2)cn1S(N)(=O)=O. The lowest BCUT2D eigenvalue weighted by Crippen LogP contribution is -2.41. The summed E-state index contributed by atoms with van der Waals surface area (Å²) in [6, 6.07) is 0. The molecule has 1 aliphatic rings. The average Bonchev–Trinajstić information content (AvgIpc) is 2.78. The number of aryl methyl sites for hydroxylation is 1. The van der Waals surface area contributed by atoms with E-state index in [-0.39, 0.29) is 0 Å². The van der Waals surface area contributed by atoms with Crippen LogP contribution in [0.3, 0.4) is 0 Å². The molecule has 112 valence electrons. The van der Waals surface area contributed by atoms with E-state index in [4.69, 9.17) is 14.4 Å². The highest BCUT2D eigenvalue weighted by molar-refractivity contribution is 7.87. The van der Waals surface area contributed by atoms with Crippen LogP contribution in [-0.4, -0.2) is 35.7 Å². The third-order valence-electron chi connectivity index (χ3n) is 3.85. The lowest BCUT2D eigenvalue weighted by Gasteiger charge is -2.32. The topological polar surface area (TPSA) is 96.4 Å². The summed E-state index contributed by atoms with van der Waals surface area (Å²) in [7, 11) is -4.57. The van der Waals surface area contributed by atoms with Gasteiger partial charge in [0.05, 0.1) is 16.8 Å². The van der Waals surface area contributed by atoms with Crippen molar-refractivity contribution in [1.82, 2.24) is 8.96 Å². The van der Waals surface area contributed by atoms with Crippen LogP contribution >= 0.6 is 0 Å². The molecule has 0 spiro atoms. The summed E-state index contributed by atoms with van der Waals surface area (Å²) in [5, 5.41) is 5.17. The predicted octanol–water partition coefficient (Wildman–Crippen LogP) is -0.204. The largest absolute Gasteiger partial charge is 0.516 e. The highest BCUT2D eigenvalue weighted by Gasteiger charge is 2.52. The van der Waals surface area contributed by atoms with E-state index in [1.54, 1.807) is 6.92 Å². The van der Waals surface area contributed by atoms with Crippen LogP contribution in [0, 0.1) is 0 Å². The molecule has 0 saturated carbocycles. The molecule has 0 radical (unpaired) electrons. The van der Waals surface area contributed by atoms with Crippen molar-refractivity contribution < 1.29 is 17.7 Å². The second-order valence-corrected chi connectivity index (χ2v) is 7.29. The lowest BCUT2D eigenvalue weighted by atomic mass is 9.86. The van der Waals surface area contributed by atoms with Gasteiger partial charge in [-0.1, -0.05) is 6.92 Å². The molecule has 0 aromatic carbocycles. The molecule has 2 N–H and O–H groups in total. The second kappa shape index (κ2) is 4.55. The Morgan fingerprint density at radius 1 is 1.30 bits per heavy atom. The van der Waals surface area contributed by atoms with Gasteiger partial charge in [0.1, 0.15) is 5.82 Å². The van der Waals surface area contributed by atoms with Gasteiger partial charge in [0.15, 0.2) is 0 Å². The average molecular weight is 301 g/mol. The molecule has 1 saturated heterocycles. The number of imidazole rings is 1. The van der Waals surface area contributed by atoms with Gasteiger partial charge in [-0.25, -0.2) is 14.1 Å². The van der Waals surface area contributed by atoms with Crippen LogP contribution in [-0.2, 0) is 25.9 Å². The minimum absolute atomic E-state index is 0.359. The molecule has 0 aliphatic carbocycles. The van der Waals surface area contributed by atoms with Gasteiger partial charge < -0.3 is 9.31 Å². The van der Waals surface area contributed by atoms with Gasteiger partial charge in [0, 0.05) is 12.6 Å². The highest BCUT2D eigenvalue weighted by atomic mass is 32.2. The third-order valence-corrected chi connectivity index (χ3v) is 4.71. The van der Waals surface area contributed by atoms with Gasteiger partial charge in [0.25, 0.3) is 0 Å². The molecule has 1 aromatic heterocycles. The second-order valence-electron chi connectivity index (χ2n) is 5.86. The van der Waals surface area contributed by atoms with E-state index in [0.717, 1.165) is 3.97 Å². The third kappa shape index (κ3) is 2.50. The number of nitrogens with two attached hydrogens (primary N) is 1. The Kier molecular flexibility index (Phi) is 3.53. The van der Waals surface area contributed by atoms with Crippen molar-refractivity contribution in [2.24, 2.45) is 5.14 Å². The van der Waals surface area contributed by atoms with E-state index in [2.05, 4.69) is 4.98 Å². The molecule has 0 atom stereocenters. The minimum atomic E-state index is -3.87. The van der Waals surface area contributed by atoms with Gasteiger partial charge in [-0.05, 0) is 27.7 Å². The van der Waals surface area contributed by atoms with Crippen molar-refractivity contribution in [1.29, 1.82) is 0 Å². The number of hydrogen-bond donors (Lipinski definition) is 1. The summed E-state index contributed by atoms with van der Waals surface area (Å²) >= 11 is 0. The molecule has 1 aromatic rings. The van der Waals surface area contributed by atoms with E-state index >= 15 is 0 Å². The Balaban J connectivity index is 2.40. The normalized spacial score (nSPS) is 21.4. The molecule has 1 fully saturated rings. The Labute approximate surface area is 119 Å². The van der Waals surface area contributed by atoms with Crippen LogP contribution < -0.4 is 10.7 Å². The van der Waals surface area contributed by atoms with Crippen LogP contribution in [0.5, 0.6) is 0 Å². The Morgan fingerprint density at radius 3 is 2.15 bits per heavy atom. The van der Waals surface area contributed by atoms with E-state index in [9.17, 15) is 8.42 Å². The fourth-order valence-electron chi connectivity index (χ4n) is 1.95. The van der Waals surface area contributed by atoms with Crippen molar-refractivity contribution >= 4 is 22.9 Å². The van der Waals surface area contributed by atoms with E-state index < -0.39 is 28.5 Å². The molecule has 0 amide bonds. The maximum Gasteiger partial charge on any atom is 0.516 e. The first kappa shape index (κ1) is 15.5. The summed E-state index contributed by atoms with van der Waals surface area (Å²) in [5.41, 5.74) is -0.598. The zero-order valence-corrected chi connectivity index (χ0v) is 13.2. The Morgan fingerprint density at radius 2 is 1.80 bits per heavy atom. The lowest BCUT2D eigenvalue weighted by molar-refractivity contribution is 0.00578. The molecule has 9 heteroatoms. The molecule has 0 unspecified atom stereocenters. The minimum Gasteiger partial charge on any atom is -0.398 e. The van der Waals surface area contributed by atoms with E-state index in [0.29, 0.717) is 17.8 Å².